The molecular weight excluding hydrogens is 465 g/mol. The fourth-order valence-electron chi connectivity index (χ4n) is 4.46. The number of nitrogens with zero attached hydrogens (tertiary/aromatic N) is 2. The van der Waals surface area contributed by atoms with Crippen LogP contribution in [0, 0.1) is 0 Å². The molecule has 36 heavy (non-hydrogen) atoms. The molecule has 0 amide bonds. The Morgan fingerprint density at radius 1 is 0.889 bits per heavy atom. The van der Waals surface area contributed by atoms with Crippen LogP contribution in [0.5, 0.6) is 5.75 Å². The first kappa shape index (κ1) is 25.8. The smallest absolute Gasteiger partial charge is 0.421 e. The molecule has 2 N–H and O–H groups in total. The van der Waals surface area contributed by atoms with Crippen molar-refractivity contribution < 1.29 is 17.9 Å². The van der Waals surface area contributed by atoms with Crippen molar-refractivity contribution in [3.63, 3.8) is 0 Å². The van der Waals surface area contributed by atoms with Gasteiger partial charge in [-0.2, -0.15) is 18.2 Å². The minimum absolute atomic E-state index is 0.0703. The molecule has 0 saturated heterocycles. The van der Waals surface area contributed by atoms with Gasteiger partial charge in [0.2, 0.25) is 5.95 Å². The number of anilines is 4. The summed E-state index contributed by atoms with van der Waals surface area (Å²) in [5, 5.41) is 5.83. The largest absolute Gasteiger partial charge is 0.494 e. The third-order valence-electron chi connectivity index (χ3n) is 6.47. The zero-order chi connectivity index (χ0) is 25.4. The van der Waals surface area contributed by atoms with E-state index in [-0.39, 0.29) is 11.8 Å². The molecule has 2 aromatic carbocycles. The molecule has 0 unspecified atom stereocenters. The van der Waals surface area contributed by atoms with Gasteiger partial charge in [-0.05, 0) is 67.1 Å². The summed E-state index contributed by atoms with van der Waals surface area (Å²) in [5.41, 5.74) is 1.52. The molecule has 5 nitrogen and oxygen atoms in total. The third-order valence-corrected chi connectivity index (χ3v) is 6.47. The fourth-order valence-corrected chi connectivity index (χ4v) is 4.46. The highest BCUT2D eigenvalue weighted by atomic mass is 19.4. The summed E-state index contributed by atoms with van der Waals surface area (Å²) in [6.45, 7) is 2.79. The van der Waals surface area contributed by atoms with Gasteiger partial charge in [0.1, 0.15) is 17.1 Å². The Kier molecular flexibility index (Phi) is 8.67. The van der Waals surface area contributed by atoms with Gasteiger partial charge in [-0.3, -0.25) is 0 Å². The average molecular weight is 499 g/mol. The molecule has 1 saturated carbocycles. The molecule has 3 aromatic rings. The van der Waals surface area contributed by atoms with Crippen molar-refractivity contribution in [2.45, 2.75) is 70.4 Å². The maximum Gasteiger partial charge on any atom is 0.421 e. The number of ether oxygens (including phenoxy) is 1. The van der Waals surface area contributed by atoms with Gasteiger partial charge in [-0.25, -0.2) is 4.98 Å². The molecule has 1 aromatic heterocycles. The molecule has 8 heteroatoms. The van der Waals surface area contributed by atoms with Crippen LogP contribution in [0.4, 0.5) is 36.3 Å². The van der Waals surface area contributed by atoms with Crippen LogP contribution in [0.3, 0.4) is 0 Å². The first-order valence-corrected chi connectivity index (χ1v) is 12.7. The quantitative estimate of drug-likeness (QED) is 0.274. The SMILES string of the molecule is CCCCCOc1ccc(Nc2ncc(C(F)(F)F)c(Nc3ccc(C4CCCCC4)cc3)n2)cc1. The number of halogens is 3. The summed E-state index contributed by atoms with van der Waals surface area (Å²) in [7, 11) is 0. The minimum Gasteiger partial charge on any atom is -0.494 e. The normalized spacial score (nSPS) is 14.4. The van der Waals surface area contributed by atoms with E-state index in [1.165, 1.54) is 24.8 Å². The van der Waals surface area contributed by atoms with Crippen LogP contribution in [0.15, 0.2) is 54.7 Å². The van der Waals surface area contributed by atoms with Crippen molar-refractivity contribution >= 4 is 23.1 Å². The maximum absolute atomic E-state index is 13.7. The van der Waals surface area contributed by atoms with E-state index in [2.05, 4.69) is 27.5 Å². The van der Waals surface area contributed by atoms with Gasteiger partial charge < -0.3 is 15.4 Å². The number of hydrogen-bond donors (Lipinski definition) is 2. The van der Waals surface area contributed by atoms with Gasteiger partial charge in [0.15, 0.2) is 0 Å². The Balaban J connectivity index is 1.46. The number of alkyl halides is 3. The molecule has 1 aliphatic carbocycles. The van der Waals surface area contributed by atoms with Gasteiger partial charge >= 0.3 is 6.18 Å². The highest BCUT2D eigenvalue weighted by Crippen LogP contribution is 2.36. The molecule has 0 spiro atoms. The van der Waals surface area contributed by atoms with Crippen molar-refractivity contribution in [3.05, 3.63) is 65.9 Å². The Labute approximate surface area is 210 Å². The lowest BCUT2D eigenvalue weighted by Gasteiger charge is -2.22. The van der Waals surface area contributed by atoms with Crippen LogP contribution in [-0.2, 0) is 6.18 Å². The van der Waals surface area contributed by atoms with Crippen LogP contribution >= 0.6 is 0 Å². The minimum atomic E-state index is -4.58. The number of aromatic nitrogens is 2. The van der Waals surface area contributed by atoms with Crippen LogP contribution in [0.1, 0.15) is 75.3 Å². The second-order valence-electron chi connectivity index (χ2n) is 9.24. The Hall–Kier alpha value is -3.29. The van der Waals surface area contributed by atoms with Gasteiger partial charge in [-0.1, -0.05) is 51.2 Å². The zero-order valence-electron chi connectivity index (χ0n) is 20.6. The van der Waals surface area contributed by atoms with Crippen LogP contribution in [0.2, 0.25) is 0 Å². The lowest BCUT2D eigenvalue weighted by molar-refractivity contribution is -0.137. The van der Waals surface area contributed by atoms with E-state index in [4.69, 9.17) is 4.74 Å². The first-order valence-electron chi connectivity index (χ1n) is 12.7. The lowest BCUT2D eigenvalue weighted by atomic mass is 9.84. The second kappa shape index (κ2) is 12.1. The number of nitrogens with one attached hydrogen (secondary N) is 2. The number of benzene rings is 2. The first-order chi connectivity index (χ1) is 17.4. The fraction of sp³-hybridized carbons (Fsp3) is 0.429. The van der Waals surface area contributed by atoms with Crippen LogP contribution in [0.25, 0.3) is 0 Å². The number of rotatable bonds is 10. The summed E-state index contributed by atoms with van der Waals surface area (Å²) in [5.74, 6) is 1.05. The summed E-state index contributed by atoms with van der Waals surface area (Å²) in [4.78, 5) is 8.05. The monoisotopic (exact) mass is 498 g/mol. The topological polar surface area (TPSA) is 59.1 Å². The lowest BCUT2D eigenvalue weighted by Crippen LogP contribution is -2.12. The van der Waals surface area contributed by atoms with E-state index in [0.29, 0.717) is 23.9 Å². The van der Waals surface area contributed by atoms with E-state index in [9.17, 15) is 13.2 Å². The molecule has 1 fully saturated rings. The summed E-state index contributed by atoms with van der Waals surface area (Å²) >= 11 is 0. The van der Waals surface area contributed by atoms with E-state index in [0.717, 1.165) is 44.1 Å². The Bertz CT molecular complexity index is 1100. The van der Waals surface area contributed by atoms with Crippen molar-refractivity contribution in [2.75, 3.05) is 17.2 Å². The Morgan fingerprint density at radius 2 is 1.56 bits per heavy atom. The van der Waals surface area contributed by atoms with Gasteiger partial charge in [-0.15, -0.1) is 0 Å². The zero-order valence-corrected chi connectivity index (χ0v) is 20.6. The van der Waals surface area contributed by atoms with Crippen molar-refractivity contribution in [2.24, 2.45) is 0 Å². The summed E-state index contributed by atoms with van der Waals surface area (Å²) in [6.07, 6.45) is 5.52. The standard InChI is InChI=1S/C28H33F3N4O/c1-2-3-7-18-36-24-16-14-23(15-17-24)34-27-32-19-25(28(29,30)31)26(35-27)33-22-12-10-21(11-13-22)20-8-5-4-6-9-20/h10-17,19-20H,2-9,18H2,1H3,(H2,32,33,34,35). The van der Waals surface area contributed by atoms with Gasteiger partial charge in [0, 0.05) is 17.6 Å². The third kappa shape index (κ3) is 7.12. The van der Waals surface area contributed by atoms with Crippen molar-refractivity contribution in [1.29, 1.82) is 0 Å². The van der Waals surface area contributed by atoms with Crippen molar-refractivity contribution in [3.8, 4) is 5.75 Å². The molecule has 0 radical (unpaired) electrons. The second-order valence-corrected chi connectivity index (χ2v) is 9.24. The number of hydrogen-bond acceptors (Lipinski definition) is 5. The number of unbranched alkanes of at least 4 members (excludes halogenated alkanes) is 2. The molecule has 0 atom stereocenters. The van der Waals surface area contributed by atoms with E-state index in [1.54, 1.807) is 12.1 Å². The predicted octanol–water partition coefficient (Wildman–Crippen LogP) is 8.60. The molecule has 1 heterocycles. The molecule has 4 rings (SSSR count). The molecule has 1 aliphatic rings. The van der Waals surface area contributed by atoms with Crippen LogP contribution < -0.4 is 15.4 Å². The molecule has 0 aliphatic heterocycles. The molecular formula is C28H33F3N4O. The van der Waals surface area contributed by atoms with E-state index in [1.807, 2.05) is 36.4 Å². The molecule has 0 bridgehead atoms. The van der Waals surface area contributed by atoms with Gasteiger partial charge in [0.25, 0.3) is 0 Å². The van der Waals surface area contributed by atoms with Crippen LogP contribution in [-0.4, -0.2) is 16.6 Å². The summed E-state index contributed by atoms with van der Waals surface area (Å²) < 4.78 is 46.7. The highest BCUT2D eigenvalue weighted by Gasteiger charge is 2.35. The summed E-state index contributed by atoms with van der Waals surface area (Å²) in [6, 6.07) is 14.8. The van der Waals surface area contributed by atoms with Gasteiger partial charge in [0.05, 0.1) is 6.61 Å². The predicted molar refractivity (Wildman–Crippen MR) is 137 cm³/mol. The maximum atomic E-state index is 13.7. The highest BCUT2D eigenvalue weighted by molar-refractivity contribution is 5.63. The average Bonchev–Trinajstić information content (AvgIpc) is 2.88. The molecule has 192 valence electrons. The van der Waals surface area contributed by atoms with Crippen molar-refractivity contribution in [1.82, 2.24) is 9.97 Å². The van der Waals surface area contributed by atoms with E-state index >= 15 is 0 Å². The Morgan fingerprint density at radius 3 is 2.22 bits per heavy atom. The van der Waals surface area contributed by atoms with E-state index < -0.39 is 11.7 Å².